The van der Waals surface area contributed by atoms with Crippen LogP contribution in [0.25, 0.3) is 0 Å². The van der Waals surface area contributed by atoms with Crippen molar-refractivity contribution >= 4 is 22.9 Å². The predicted octanol–water partition coefficient (Wildman–Crippen LogP) is 3.18. The number of hydrogen-bond acceptors (Lipinski definition) is 3. The molecule has 1 aromatic rings. The molecule has 0 atom stereocenters. The molecule has 0 heterocycles. The second-order valence-electron chi connectivity index (χ2n) is 4.94. The summed E-state index contributed by atoms with van der Waals surface area (Å²) in [4.78, 5) is -0.277. The minimum atomic E-state index is -4.51. The lowest BCUT2D eigenvalue weighted by Crippen LogP contribution is -2.32. The molecule has 0 aromatic heterocycles. The molecule has 1 aromatic carbocycles. The number of halogens is 3. The molecule has 0 aliphatic carbocycles. The van der Waals surface area contributed by atoms with Crippen molar-refractivity contribution in [1.29, 1.82) is 0 Å². The minimum Gasteiger partial charge on any atom is -0.389 e. The van der Waals surface area contributed by atoms with Crippen molar-refractivity contribution in [3.63, 3.8) is 0 Å². The van der Waals surface area contributed by atoms with Crippen LogP contribution in [0.1, 0.15) is 25.0 Å². The summed E-state index contributed by atoms with van der Waals surface area (Å²) in [6.45, 7) is 4.02. The highest BCUT2D eigenvalue weighted by Gasteiger charge is 2.34. The molecular weight excluding hydrogens is 289 g/mol. The molecule has 0 saturated carbocycles. The first kappa shape index (κ1) is 16.7. The number of benzene rings is 1. The van der Waals surface area contributed by atoms with Crippen molar-refractivity contribution in [2.24, 2.45) is 5.73 Å². The average molecular weight is 306 g/mol. The highest BCUT2D eigenvalue weighted by atomic mass is 32.1. The maximum absolute atomic E-state index is 13.0. The Morgan fingerprint density at radius 1 is 1.35 bits per heavy atom. The predicted molar refractivity (Wildman–Crippen MR) is 76.9 cm³/mol. The highest BCUT2D eigenvalue weighted by molar-refractivity contribution is 7.80. The van der Waals surface area contributed by atoms with E-state index in [1.165, 1.54) is 12.1 Å². The molecule has 0 aliphatic rings. The Kier molecular flexibility index (Phi) is 4.99. The Morgan fingerprint density at radius 2 is 1.95 bits per heavy atom. The summed E-state index contributed by atoms with van der Waals surface area (Å²) in [6.07, 6.45) is -4.51. The summed E-state index contributed by atoms with van der Waals surface area (Å²) in [7, 11) is 1.54. The van der Waals surface area contributed by atoms with E-state index in [0.717, 1.165) is 6.07 Å². The molecule has 20 heavy (non-hydrogen) atoms. The fourth-order valence-electron chi connectivity index (χ4n) is 1.49. The monoisotopic (exact) mass is 306 g/mol. The van der Waals surface area contributed by atoms with Crippen LogP contribution in [0.5, 0.6) is 0 Å². The van der Waals surface area contributed by atoms with Crippen LogP contribution in [0.2, 0.25) is 0 Å². The molecule has 0 unspecified atom stereocenters. The van der Waals surface area contributed by atoms with Crippen LogP contribution in [-0.4, -0.2) is 24.2 Å². The Bertz CT molecular complexity index is 501. The van der Waals surface area contributed by atoms with Crippen LogP contribution in [0.15, 0.2) is 18.2 Å². The molecule has 112 valence electrons. The van der Waals surface area contributed by atoms with Gasteiger partial charge in [0.1, 0.15) is 4.99 Å². The van der Waals surface area contributed by atoms with Crippen molar-refractivity contribution in [3.8, 4) is 0 Å². The van der Waals surface area contributed by atoms with Gasteiger partial charge >= 0.3 is 6.18 Å². The highest BCUT2D eigenvalue weighted by Crippen LogP contribution is 2.34. The van der Waals surface area contributed by atoms with E-state index in [2.05, 4.69) is 17.5 Å². The molecule has 0 bridgehead atoms. The Labute approximate surface area is 121 Å². The van der Waals surface area contributed by atoms with Gasteiger partial charge in [0.05, 0.1) is 11.2 Å². The van der Waals surface area contributed by atoms with Crippen LogP contribution < -0.4 is 11.1 Å². The van der Waals surface area contributed by atoms with Gasteiger partial charge in [0.15, 0.2) is 0 Å². The number of methoxy groups -OCH3 is 1. The Hall–Kier alpha value is -1.34. The van der Waals surface area contributed by atoms with E-state index >= 15 is 0 Å². The van der Waals surface area contributed by atoms with Gasteiger partial charge in [-0.1, -0.05) is 12.2 Å². The number of nitrogens with two attached hydrogens (primary N) is 1. The lowest BCUT2D eigenvalue weighted by atomic mass is 10.1. The van der Waals surface area contributed by atoms with Crippen molar-refractivity contribution in [2.75, 3.05) is 19.0 Å². The molecule has 0 amide bonds. The quantitative estimate of drug-likeness (QED) is 0.820. The number of ether oxygens (including phenoxy) is 1. The van der Waals surface area contributed by atoms with Crippen LogP contribution >= 0.6 is 12.2 Å². The summed E-state index contributed by atoms with van der Waals surface area (Å²) < 4.78 is 44.1. The molecule has 0 aliphatic heterocycles. The maximum atomic E-state index is 13.0. The zero-order valence-electron chi connectivity index (χ0n) is 11.5. The van der Waals surface area contributed by atoms with Gasteiger partial charge in [-0.25, -0.2) is 0 Å². The topological polar surface area (TPSA) is 47.3 Å². The van der Waals surface area contributed by atoms with Crippen LogP contribution in [-0.2, 0) is 10.9 Å². The number of hydrogen-bond donors (Lipinski definition) is 2. The summed E-state index contributed by atoms with van der Waals surface area (Å²) >= 11 is 4.64. The zero-order valence-corrected chi connectivity index (χ0v) is 12.3. The second kappa shape index (κ2) is 5.97. The van der Waals surface area contributed by atoms with E-state index in [-0.39, 0.29) is 10.6 Å². The molecule has 3 nitrogen and oxygen atoms in total. The fraction of sp³-hybridized carbons (Fsp3) is 0.462. The third-order valence-electron chi connectivity index (χ3n) is 2.86. The normalized spacial score (nSPS) is 12.3. The van der Waals surface area contributed by atoms with Gasteiger partial charge < -0.3 is 15.8 Å². The summed E-state index contributed by atoms with van der Waals surface area (Å²) in [5.74, 6) is 0. The van der Waals surface area contributed by atoms with E-state index < -0.39 is 17.3 Å². The summed E-state index contributed by atoms with van der Waals surface area (Å²) in [5, 5.41) is 2.91. The molecule has 3 N–H and O–H groups in total. The van der Waals surface area contributed by atoms with Gasteiger partial charge in [-0.2, -0.15) is 13.2 Å². The Balaban J connectivity index is 3.05. The van der Waals surface area contributed by atoms with Gasteiger partial charge in [-0.15, -0.1) is 0 Å². The standard InChI is InChI=1S/C13H17F3N2OS/c1-12(2,19-3)7-18-8-4-5-9(11(17)20)10(6-8)13(14,15)16/h4-6,18H,7H2,1-3H3,(H2,17,20). The smallest absolute Gasteiger partial charge is 0.389 e. The third kappa shape index (κ3) is 4.35. The molecule has 0 spiro atoms. The third-order valence-corrected chi connectivity index (χ3v) is 3.08. The lowest BCUT2D eigenvalue weighted by molar-refractivity contribution is -0.137. The van der Waals surface area contributed by atoms with E-state index in [1.54, 1.807) is 7.11 Å². The molecule has 1 rings (SSSR count). The first-order chi connectivity index (χ1) is 9.07. The zero-order chi connectivity index (χ0) is 15.6. The van der Waals surface area contributed by atoms with Crippen LogP contribution in [0, 0.1) is 0 Å². The lowest BCUT2D eigenvalue weighted by Gasteiger charge is -2.24. The van der Waals surface area contributed by atoms with Crippen molar-refractivity contribution < 1.29 is 17.9 Å². The number of rotatable bonds is 5. The van der Waals surface area contributed by atoms with Gasteiger partial charge in [-0.05, 0) is 32.0 Å². The van der Waals surface area contributed by atoms with Gasteiger partial charge in [0, 0.05) is 24.9 Å². The number of alkyl halides is 3. The first-order valence-corrected chi connectivity index (χ1v) is 6.28. The van der Waals surface area contributed by atoms with Crippen molar-refractivity contribution in [2.45, 2.75) is 25.6 Å². The summed E-state index contributed by atoms with van der Waals surface area (Å²) in [6, 6.07) is 3.78. The molecule has 0 fully saturated rings. The van der Waals surface area contributed by atoms with E-state index in [1.807, 2.05) is 13.8 Å². The van der Waals surface area contributed by atoms with Gasteiger partial charge in [0.25, 0.3) is 0 Å². The van der Waals surface area contributed by atoms with E-state index in [4.69, 9.17) is 10.5 Å². The summed E-state index contributed by atoms with van der Waals surface area (Å²) in [5.41, 5.74) is 4.15. The number of thiocarbonyl (C=S) groups is 1. The average Bonchev–Trinajstić information content (AvgIpc) is 2.35. The largest absolute Gasteiger partial charge is 0.417 e. The number of anilines is 1. The van der Waals surface area contributed by atoms with Gasteiger partial charge in [0.2, 0.25) is 0 Å². The maximum Gasteiger partial charge on any atom is 0.417 e. The molecule has 0 radical (unpaired) electrons. The minimum absolute atomic E-state index is 0.177. The van der Waals surface area contributed by atoms with Crippen molar-refractivity contribution in [1.82, 2.24) is 0 Å². The van der Waals surface area contributed by atoms with Crippen LogP contribution in [0.4, 0.5) is 18.9 Å². The molecule has 7 heteroatoms. The molecular formula is C13H17F3N2OS. The second-order valence-corrected chi connectivity index (χ2v) is 5.38. The SMILES string of the molecule is COC(C)(C)CNc1ccc(C(N)=S)c(C(F)(F)F)c1. The Morgan fingerprint density at radius 3 is 2.40 bits per heavy atom. The van der Waals surface area contributed by atoms with E-state index in [9.17, 15) is 13.2 Å². The first-order valence-electron chi connectivity index (χ1n) is 5.87. The molecule has 0 saturated heterocycles. The van der Waals surface area contributed by atoms with E-state index in [0.29, 0.717) is 12.2 Å². The fourth-order valence-corrected chi connectivity index (χ4v) is 1.67. The van der Waals surface area contributed by atoms with Gasteiger partial charge in [-0.3, -0.25) is 0 Å². The van der Waals surface area contributed by atoms with Crippen LogP contribution in [0.3, 0.4) is 0 Å². The number of nitrogens with one attached hydrogen (secondary N) is 1. The van der Waals surface area contributed by atoms with Crippen molar-refractivity contribution in [3.05, 3.63) is 29.3 Å².